The molecule has 0 radical (unpaired) electrons. The molecular formula is C15H24N2O. The summed E-state index contributed by atoms with van der Waals surface area (Å²) in [6.07, 6.45) is 4.01. The predicted octanol–water partition coefficient (Wildman–Crippen LogP) is 2.27. The highest BCUT2D eigenvalue weighted by Crippen LogP contribution is 2.12. The Balaban J connectivity index is 1.59. The lowest BCUT2D eigenvalue weighted by molar-refractivity contribution is 0.331. The van der Waals surface area contributed by atoms with Crippen LogP contribution in [-0.2, 0) is 6.54 Å². The van der Waals surface area contributed by atoms with Gasteiger partial charge in [-0.05, 0) is 63.1 Å². The zero-order valence-electron chi connectivity index (χ0n) is 11.3. The van der Waals surface area contributed by atoms with E-state index in [1.807, 2.05) is 12.1 Å². The van der Waals surface area contributed by atoms with Crippen molar-refractivity contribution in [2.24, 2.45) is 0 Å². The molecule has 0 spiro atoms. The summed E-state index contributed by atoms with van der Waals surface area (Å²) in [4.78, 5) is 2.56. The van der Waals surface area contributed by atoms with Crippen molar-refractivity contribution in [2.75, 3.05) is 33.3 Å². The first-order valence-corrected chi connectivity index (χ1v) is 6.94. The maximum Gasteiger partial charge on any atom is 0.119 e. The predicted molar refractivity (Wildman–Crippen MR) is 75.0 cm³/mol. The number of nitrogens with one attached hydrogen (secondary N) is 1. The van der Waals surface area contributed by atoms with Crippen LogP contribution in [-0.4, -0.2) is 38.2 Å². The molecule has 0 aliphatic carbocycles. The van der Waals surface area contributed by atoms with Crippen molar-refractivity contribution in [1.82, 2.24) is 10.2 Å². The molecule has 1 aliphatic heterocycles. The van der Waals surface area contributed by atoms with E-state index >= 15 is 0 Å². The molecular weight excluding hydrogens is 224 g/mol. The summed E-state index contributed by atoms with van der Waals surface area (Å²) in [5.74, 6) is 0.936. The van der Waals surface area contributed by atoms with Crippen LogP contribution >= 0.6 is 0 Å². The first kappa shape index (κ1) is 13.4. The van der Waals surface area contributed by atoms with Crippen LogP contribution in [0, 0.1) is 0 Å². The number of hydrogen-bond acceptors (Lipinski definition) is 3. The smallest absolute Gasteiger partial charge is 0.119 e. The highest BCUT2D eigenvalue weighted by atomic mass is 16.5. The Morgan fingerprint density at radius 3 is 2.89 bits per heavy atom. The van der Waals surface area contributed by atoms with E-state index in [9.17, 15) is 0 Å². The third-order valence-electron chi connectivity index (χ3n) is 3.49. The molecule has 0 atom stereocenters. The van der Waals surface area contributed by atoms with E-state index in [0.29, 0.717) is 0 Å². The Labute approximate surface area is 110 Å². The summed E-state index contributed by atoms with van der Waals surface area (Å²) in [7, 11) is 1.71. The molecule has 3 nitrogen and oxygen atoms in total. The average molecular weight is 248 g/mol. The average Bonchev–Trinajstić information content (AvgIpc) is 2.92. The second kappa shape index (κ2) is 7.39. The highest BCUT2D eigenvalue weighted by Gasteiger charge is 2.09. The molecule has 1 saturated heterocycles. The molecule has 1 heterocycles. The van der Waals surface area contributed by atoms with Crippen molar-refractivity contribution in [1.29, 1.82) is 0 Å². The minimum absolute atomic E-state index is 0.928. The second-order valence-electron chi connectivity index (χ2n) is 4.93. The van der Waals surface area contributed by atoms with Crippen LogP contribution in [0.2, 0.25) is 0 Å². The fraction of sp³-hybridized carbons (Fsp3) is 0.600. The van der Waals surface area contributed by atoms with Gasteiger partial charge in [-0.2, -0.15) is 0 Å². The van der Waals surface area contributed by atoms with Crippen LogP contribution < -0.4 is 10.1 Å². The Kier molecular flexibility index (Phi) is 5.49. The summed E-state index contributed by atoms with van der Waals surface area (Å²) in [6, 6.07) is 8.25. The van der Waals surface area contributed by atoms with Gasteiger partial charge < -0.3 is 15.0 Å². The van der Waals surface area contributed by atoms with E-state index in [0.717, 1.165) is 18.8 Å². The molecule has 1 aromatic carbocycles. The molecule has 100 valence electrons. The first-order chi connectivity index (χ1) is 8.88. The standard InChI is InChI=1S/C15H24N2O/c1-18-15-7-4-6-14(12-15)13-16-8-5-11-17-9-2-3-10-17/h4,6-7,12,16H,2-3,5,8-11,13H2,1H3. The molecule has 1 aliphatic rings. The minimum atomic E-state index is 0.928. The Morgan fingerprint density at radius 1 is 1.28 bits per heavy atom. The van der Waals surface area contributed by atoms with E-state index in [1.165, 1.54) is 44.5 Å². The van der Waals surface area contributed by atoms with E-state index in [-0.39, 0.29) is 0 Å². The van der Waals surface area contributed by atoms with Gasteiger partial charge in [0.2, 0.25) is 0 Å². The summed E-state index contributed by atoms with van der Waals surface area (Å²) >= 11 is 0. The van der Waals surface area contributed by atoms with E-state index in [2.05, 4.69) is 22.3 Å². The van der Waals surface area contributed by atoms with Crippen molar-refractivity contribution < 1.29 is 4.74 Å². The summed E-state index contributed by atoms with van der Waals surface area (Å²) in [5.41, 5.74) is 1.29. The van der Waals surface area contributed by atoms with Crippen LogP contribution in [0.25, 0.3) is 0 Å². The van der Waals surface area contributed by atoms with E-state index in [4.69, 9.17) is 4.74 Å². The molecule has 0 bridgehead atoms. The lowest BCUT2D eigenvalue weighted by Crippen LogP contribution is -2.24. The number of benzene rings is 1. The fourth-order valence-electron chi connectivity index (χ4n) is 2.45. The molecule has 18 heavy (non-hydrogen) atoms. The van der Waals surface area contributed by atoms with Crippen LogP contribution in [0.4, 0.5) is 0 Å². The van der Waals surface area contributed by atoms with Crippen LogP contribution in [0.1, 0.15) is 24.8 Å². The van der Waals surface area contributed by atoms with Crippen LogP contribution in [0.3, 0.4) is 0 Å². The van der Waals surface area contributed by atoms with Crippen LogP contribution in [0.5, 0.6) is 5.75 Å². The van der Waals surface area contributed by atoms with Crippen molar-refractivity contribution in [3.63, 3.8) is 0 Å². The molecule has 0 aromatic heterocycles. The van der Waals surface area contributed by atoms with Gasteiger partial charge in [0.15, 0.2) is 0 Å². The Hall–Kier alpha value is -1.06. The third-order valence-corrected chi connectivity index (χ3v) is 3.49. The van der Waals surface area contributed by atoms with E-state index in [1.54, 1.807) is 7.11 Å². The zero-order chi connectivity index (χ0) is 12.6. The van der Waals surface area contributed by atoms with Gasteiger partial charge in [-0.1, -0.05) is 12.1 Å². The normalized spacial score (nSPS) is 16.1. The van der Waals surface area contributed by atoms with Gasteiger partial charge in [-0.15, -0.1) is 0 Å². The van der Waals surface area contributed by atoms with E-state index < -0.39 is 0 Å². The number of ether oxygens (including phenoxy) is 1. The fourth-order valence-corrected chi connectivity index (χ4v) is 2.45. The first-order valence-electron chi connectivity index (χ1n) is 6.94. The van der Waals surface area contributed by atoms with Crippen molar-refractivity contribution in [3.05, 3.63) is 29.8 Å². The monoisotopic (exact) mass is 248 g/mol. The van der Waals surface area contributed by atoms with Gasteiger partial charge in [-0.25, -0.2) is 0 Å². The minimum Gasteiger partial charge on any atom is -0.497 e. The van der Waals surface area contributed by atoms with Crippen LogP contribution in [0.15, 0.2) is 24.3 Å². The Bertz CT molecular complexity index is 348. The lowest BCUT2D eigenvalue weighted by Gasteiger charge is -2.14. The summed E-state index contributed by atoms with van der Waals surface area (Å²) < 4.78 is 5.22. The molecule has 3 heteroatoms. The van der Waals surface area contributed by atoms with Crippen molar-refractivity contribution in [2.45, 2.75) is 25.8 Å². The highest BCUT2D eigenvalue weighted by molar-refractivity contribution is 5.28. The number of methoxy groups -OCH3 is 1. The molecule has 1 N–H and O–H groups in total. The largest absolute Gasteiger partial charge is 0.497 e. The van der Waals surface area contributed by atoms with Crippen molar-refractivity contribution >= 4 is 0 Å². The number of rotatable bonds is 7. The number of likely N-dealkylation sites (tertiary alicyclic amines) is 1. The molecule has 1 aromatic rings. The lowest BCUT2D eigenvalue weighted by atomic mass is 10.2. The summed E-state index contributed by atoms with van der Waals surface area (Å²) in [6.45, 7) is 5.86. The maximum absolute atomic E-state index is 5.22. The van der Waals surface area contributed by atoms with Gasteiger partial charge in [0.25, 0.3) is 0 Å². The van der Waals surface area contributed by atoms with Gasteiger partial charge in [0.05, 0.1) is 7.11 Å². The topological polar surface area (TPSA) is 24.5 Å². The molecule has 1 fully saturated rings. The van der Waals surface area contributed by atoms with Crippen molar-refractivity contribution in [3.8, 4) is 5.75 Å². The third kappa shape index (κ3) is 4.31. The van der Waals surface area contributed by atoms with Gasteiger partial charge in [0, 0.05) is 6.54 Å². The van der Waals surface area contributed by atoms with Gasteiger partial charge in [0.1, 0.15) is 5.75 Å². The molecule has 0 unspecified atom stereocenters. The maximum atomic E-state index is 5.22. The molecule has 0 saturated carbocycles. The second-order valence-corrected chi connectivity index (χ2v) is 4.93. The SMILES string of the molecule is COc1cccc(CNCCCN2CCCC2)c1. The zero-order valence-corrected chi connectivity index (χ0v) is 11.3. The quantitative estimate of drug-likeness (QED) is 0.749. The Morgan fingerprint density at radius 2 is 2.11 bits per heavy atom. The van der Waals surface area contributed by atoms with Gasteiger partial charge in [-0.3, -0.25) is 0 Å². The molecule has 2 rings (SSSR count). The summed E-state index contributed by atoms with van der Waals surface area (Å²) in [5, 5.41) is 3.49. The number of nitrogens with zero attached hydrogens (tertiary/aromatic N) is 1. The molecule has 0 amide bonds. The van der Waals surface area contributed by atoms with Gasteiger partial charge >= 0.3 is 0 Å². The number of hydrogen-bond donors (Lipinski definition) is 1.